The van der Waals surface area contributed by atoms with Crippen LogP contribution in [0.1, 0.15) is 12.1 Å². The van der Waals surface area contributed by atoms with Crippen LogP contribution in [0.25, 0.3) is 16.6 Å². The minimum atomic E-state index is -0.344. The number of carbonyl (C=O) groups is 1. The zero-order valence-corrected chi connectivity index (χ0v) is 15.8. The lowest BCUT2D eigenvalue weighted by Gasteiger charge is -2.35. The Balaban J connectivity index is 1.47. The summed E-state index contributed by atoms with van der Waals surface area (Å²) >= 11 is 0. The summed E-state index contributed by atoms with van der Waals surface area (Å²) in [6.45, 7) is 3.55. The van der Waals surface area contributed by atoms with Crippen LogP contribution < -0.4 is 10.3 Å². The minimum absolute atomic E-state index is 0.145. The molecule has 2 N–H and O–H groups in total. The molecule has 9 heteroatoms. The Hall–Kier alpha value is -3.25. The molecule has 0 spiro atoms. The first-order valence-corrected chi connectivity index (χ1v) is 9.34. The van der Waals surface area contributed by atoms with Crippen molar-refractivity contribution in [1.29, 1.82) is 5.26 Å². The van der Waals surface area contributed by atoms with Crippen molar-refractivity contribution in [3.63, 3.8) is 0 Å². The van der Waals surface area contributed by atoms with Crippen molar-refractivity contribution in [3.8, 4) is 6.07 Å². The highest BCUT2D eigenvalue weighted by Gasteiger charge is 2.24. The first-order chi connectivity index (χ1) is 13.7. The number of pyridine rings is 1. The number of H-pyrrole nitrogens is 1. The van der Waals surface area contributed by atoms with Crippen LogP contribution in [-0.4, -0.2) is 72.3 Å². The van der Waals surface area contributed by atoms with Gasteiger partial charge in [0.2, 0.25) is 0 Å². The van der Waals surface area contributed by atoms with Gasteiger partial charge in [-0.05, 0) is 12.1 Å². The fourth-order valence-corrected chi connectivity index (χ4v) is 3.57. The molecule has 28 heavy (non-hydrogen) atoms. The van der Waals surface area contributed by atoms with Crippen LogP contribution in [0.15, 0.2) is 24.5 Å². The highest BCUT2D eigenvalue weighted by atomic mass is 16.6. The molecule has 0 saturated carbocycles. The number of rotatable bonds is 4. The number of nitrogens with zero attached hydrogens (tertiary/aromatic N) is 5. The number of amides is 1. The van der Waals surface area contributed by atoms with Gasteiger partial charge in [0.05, 0.1) is 12.5 Å². The predicted molar refractivity (Wildman–Crippen MR) is 105 cm³/mol. The van der Waals surface area contributed by atoms with Crippen molar-refractivity contribution in [2.75, 3.05) is 51.3 Å². The normalized spacial score (nSPS) is 17.0. The van der Waals surface area contributed by atoms with Crippen LogP contribution in [0.4, 0.5) is 10.5 Å². The van der Waals surface area contributed by atoms with Gasteiger partial charge in [0, 0.05) is 74.5 Å². The maximum atomic E-state index is 12.0. The number of aromatic nitrogens is 2. The SMILES string of the molecule is CN1C=C(c2cc3c(N4CCN(C(=O)OCCC#N)CC4)ccnc3[nH]2)CN1. The van der Waals surface area contributed by atoms with Crippen molar-refractivity contribution in [2.24, 2.45) is 0 Å². The predicted octanol–water partition coefficient (Wildman–Crippen LogP) is 1.53. The number of fused-ring (bicyclic) bond motifs is 1. The van der Waals surface area contributed by atoms with Crippen molar-refractivity contribution in [2.45, 2.75) is 6.42 Å². The lowest BCUT2D eigenvalue weighted by atomic mass is 10.2. The third-order valence-corrected chi connectivity index (χ3v) is 5.04. The Morgan fingerprint density at radius 2 is 2.18 bits per heavy atom. The molecule has 0 atom stereocenters. The van der Waals surface area contributed by atoms with Crippen LogP contribution in [0.5, 0.6) is 0 Å². The van der Waals surface area contributed by atoms with Gasteiger partial charge in [-0.25, -0.2) is 15.2 Å². The van der Waals surface area contributed by atoms with E-state index in [1.807, 2.05) is 30.4 Å². The van der Waals surface area contributed by atoms with E-state index >= 15 is 0 Å². The Morgan fingerprint density at radius 1 is 1.36 bits per heavy atom. The first-order valence-electron chi connectivity index (χ1n) is 9.34. The van der Waals surface area contributed by atoms with E-state index in [-0.39, 0.29) is 19.1 Å². The Morgan fingerprint density at radius 3 is 2.89 bits per heavy atom. The quantitative estimate of drug-likeness (QED) is 0.775. The highest BCUT2D eigenvalue weighted by Crippen LogP contribution is 2.30. The van der Waals surface area contributed by atoms with E-state index < -0.39 is 0 Å². The molecule has 1 saturated heterocycles. The topological polar surface area (TPSA) is 101 Å². The van der Waals surface area contributed by atoms with Gasteiger partial charge in [-0.15, -0.1) is 0 Å². The number of carbonyl (C=O) groups excluding carboxylic acids is 1. The molecular formula is C19H23N7O2. The lowest BCUT2D eigenvalue weighted by molar-refractivity contribution is 0.102. The number of piperazine rings is 1. The standard InChI is InChI=1S/C19H23N7O2/c1-24-13-14(12-22-24)16-11-15-17(3-5-21-18(15)23-16)25-6-8-26(9-7-25)19(27)28-10-2-4-20/h3,5,11,13,22H,2,6-10,12H2,1H3,(H,21,23). The van der Waals surface area contributed by atoms with Gasteiger partial charge < -0.3 is 24.5 Å². The molecule has 2 aliphatic heterocycles. The summed E-state index contributed by atoms with van der Waals surface area (Å²) < 4.78 is 5.12. The van der Waals surface area contributed by atoms with E-state index in [0.29, 0.717) is 13.1 Å². The monoisotopic (exact) mass is 381 g/mol. The Labute approximate surface area is 163 Å². The summed E-state index contributed by atoms with van der Waals surface area (Å²) in [7, 11) is 1.98. The van der Waals surface area contributed by atoms with Crippen molar-refractivity contribution in [3.05, 3.63) is 30.2 Å². The molecule has 0 radical (unpaired) electrons. The molecule has 146 valence electrons. The highest BCUT2D eigenvalue weighted by molar-refractivity contribution is 5.93. The second-order valence-electron chi connectivity index (χ2n) is 6.87. The van der Waals surface area contributed by atoms with Gasteiger partial charge in [-0.1, -0.05) is 0 Å². The summed E-state index contributed by atoms with van der Waals surface area (Å²) in [5.74, 6) is 0. The fraction of sp³-hybridized carbons (Fsp3) is 0.421. The molecule has 2 aromatic rings. The van der Waals surface area contributed by atoms with Gasteiger partial charge in [0.15, 0.2) is 0 Å². The molecule has 4 heterocycles. The second-order valence-corrected chi connectivity index (χ2v) is 6.87. The van der Waals surface area contributed by atoms with E-state index in [4.69, 9.17) is 10.00 Å². The molecule has 1 amide bonds. The maximum absolute atomic E-state index is 12.0. The van der Waals surface area contributed by atoms with Crippen LogP contribution in [-0.2, 0) is 4.74 Å². The van der Waals surface area contributed by atoms with E-state index in [0.717, 1.165) is 42.0 Å². The summed E-state index contributed by atoms with van der Waals surface area (Å²) in [5.41, 5.74) is 7.48. The van der Waals surface area contributed by atoms with E-state index in [9.17, 15) is 4.79 Å². The molecule has 0 aliphatic carbocycles. The largest absolute Gasteiger partial charge is 0.448 e. The minimum Gasteiger partial charge on any atom is -0.448 e. The number of hydrogen-bond acceptors (Lipinski definition) is 7. The summed E-state index contributed by atoms with van der Waals surface area (Å²) in [4.78, 5) is 23.9. The number of hydrogen-bond donors (Lipinski definition) is 2. The third-order valence-electron chi connectivity index (χ3n) is 5.04. The molecular weight excluding hydrogens is 358 g/mol. The average Bonchev–Trinajstić information content (AvgIpc) is 3.34. The number of nitriles is 1. The van der Waals surface area contributed by atoms with Crippen LogP contribution in [0.3, 0.4) is 0 Å². The number of hydrazine groups is 1. The molecule has 2 aromatic heterocycles. The fourth-order valence-electron chi connectivity index (χ4n) is 3.57. The van der Waals surface area contributed by atoms with Gasteiger partial charge in [-0.2, -0.15) is 5.26 Å². The number of nitrogens with one attached hydrogen (secondary N) is 2. The summed E-state index contributed by atoms with van der Waals surface area (Å²) in [5, 5.41) is 11.6. The summed E-state index contributed by atoms with van der Waals surface area (Å²) in [6.07, 6.45) is 3.76. The second kappa shape index (κ2) is 7.78. The van der Waals surface area contributed by atoms with Crippen LogP contribution in [0.2, 0.25) is 0 Å². The van der Waals surface area contributed by atoms with Gasteiger partial charge >= 0.3 is 6.09 Å². The van der Waals surface area contributed by atoms with Crippen molar-refractivity contribution in [1.82, 2.24) is 25.3 Å². The van der Waals surface area contributed by atoms with Crippen LogP contribution in [0, 0.1) is 11.3 Å². The van der Waals surface area contributed by atoms with Gasteiger partial charge in [0.25, 0.3) is 0 Å². The molecule has 0 unspecified atom stereocenters. The smallest absolute Gasteiger partial charge is 0.409 e. The lowest BCUT2D eigenvalue weighted by Crippen LogP contribution is -2.49. The van der Waals surface area contributed by atoms with Crippen molar-refractivity contribution < 1.29 is 9.53 Å². The van der Waals surface area contributed by atoms with E-state index in [1.165, 1.54) is 5.57 Å². The number of aromatic amines is 1. The van der Waals surface area contributed by atoms with Crippen LogP contribution >= 0.6 is 0 Å². The number of anilines is 1. The molecule has 0 bridgehead atoms. The zero-order valence-electron chi connectivity index (χ0n) is 15.8. The van der Waals surface area contributed by atoms with Crippen molar-refractivity contribution >= 4 is 28.4 Å². The first kappa shape index (κ1) is 18.1. The number of ether oxygens (including phenoxy) is 1. The van der Waals surface area contributed by atoms with E-state index in [1.54, 1.807) is 4.90 Å². The maximum Gasteiger partial charge on any atom is 0.409 e. The zero-order chi connectivity index (χ0) is 19.5. The third kappa shape index (κ3) is 3.59. The molecule has 4 rings (SSSR count). The van der Waals surface area contributed by atoms with Gasteiger partial charge in [0.1, 0.15) is 12.3 Å². The average molecular weight is 381 g/mol. The van der Waals surface area contributed by atoms with E-state index in [2.05, 4.69) is 32.6 Å². The molecule has 2 aliphatic rings. The summed E-state index contributed by atoms with van der Waals surface area (Å²) in [6, 6.07) is 6.14. The Bertz CT molecular complexity index is 937. The molecule has 0 aromatic carbocycles. The molecule has 9 nitrogen and oxygen atoms in total. The van der Waals surface area contributed by atoms with Gasteiger partial charge in [-0.3, -0.25) is 0 Å². The molecule has 1 fully saturated rings. The Kier molecular flexibility index (Phi) is 5.04.